The maximum absolute atomic E-state index is 15.1. The molecule has 0 radical (unpaired) electrons. The number of pyridine rings is 1. The molecule has 5 rings (SSSR count). The standard InChI is InChI=1S/C28H21F2N3O4/c1-33-27(16-4-7-18(29)8-5-16)32-15-20(28(33)34)17-6-9-24(21(30)12-17)37-23-10-11-31-22-14-26(36-3)25(35-2)13-19(22)23/h4-15H,1-3H3. The average molecular weight is 501 g/mol. The van der Waals surface area contributed by atoms with E-state index in [1.165, 1.54) is 61.4 Å². The molecule has 0 aliphatic rings. The van der Waals surface area contributed by atoms with Gasteiger partial charge in [-0.3, -0.25) is 14.3 Å². The molecule has 2 heterocycles. The molecule has 0 saturated heterocycles. The van der Waals surface area contributed by atoms with Crippen molar-refractivity contribution in [2.45, 2.75) is 0 Å². The molecule has 0 amide bonds. The number of hydrogen-bond acceptors (Lipinski definition) is 6. The monoisotopic (exact) mass is 501 g/mol. The Morgan fingerprint density at radius 1 is 0.784 bits per heavy atom. The van der Waals surface area contributed by atoms with Crippen LogP contribution in [0.25, 0.3) is 33.4 Å². The lowest BCUT2D eigenvalue weighted by Crippen LogP contribution is -2.21. The lowest BCUT2D eigenvalue weighted by Gasteiger charge is -2.13. The predicted molar refractivity (Wildman–Crippen MR) is 135 cm³/mol. The van der Waals surface area contributed by atoms with E-state index in [-0.39, 0.29) is 22.7 Å². The maximum atomic E-state index is 15.1. The lowest BCUT2D eigenvalue weighted by atomic mass is 10.1. The zero-order valence-corrected chi connectivity index (χ0v) is 20.2. The molecule has 7 nitrogen and oxygen atoms in total. The van der Waals surface area contributed by atoms with Gasteiger partial charge in [-0.15, -0.1) is 0 Å². The first-order valence-corrected chi connectivity index (χ1v) is 11.2. The molecule has 2 aromatic heterocycles. The van der Waals surface area contributed by atoms with Gasteiger partial charge in [-0.05, 0) is 54.1 Å². The molecular weight excluding hydrogens is 480 g/mol. The summed E-state index contributed by atoms with van der Waals surface area (Å²) in [5, 5.41) is 0.609. The molecule has 0 N–H and O–H groups in total. The van der Waals surface area contributed by atoms with E-state index in [1.54, 1.807) is 37.5 Å². The minimum Gasteiger partial charge on any atom is -0.493 e. The van der Waals surface area contributed by atoms with Gasteiger partial charge in [-0.25, -0.2) is 13.8 Å². The van der Waals surface area contributed by atoms with Crippen molar-refractivity contribution >= 4 is 10.9 Å². The first-order chi connectivity index (χ1) is 17.9. The van der Waals surface area contributed by atoms with Gasteiger partial charge < -0.3 is 14.2 Å². The fourth-order valence-electron chi connectivity index (χ4n) is 4.02. The molecule has 0 atom stereocenters. The number of aromatic nitrogens is 3. The molecule has 0 aliphatic heterocycles. The molecular formula is C28H21F2N3O4. The van der Waals surface area contributed by atoms with Crippen LogP contribution in [0.2, 0.25) is 0 Å². The van der Waals surface area contributed by atoms with Crippen LogP contribution in [0.1, 0.15) is 0 Å². The van der Waals surface area contributed by atoms with Crippen LogP contribution in [0.3, 0.4) is 0 Å². The fourth-order valence-corrected chi connectivity index (χ4v) is 4.02. The van der Waals surface area contributed by atoms with Crippen LogP contribution in [0.15, 0.2) is 77.9 Å². The van der Waals surface area contributed by atoms with Crippen LogP contribution >= 0.6 is 0 Å². The molecule has 0 saturated carbocycles. The van der Waals surface area contributed by atoms with Crippen LogP contribution < -0.4 is 19.8 Å². The Hall–Kier alpha value is -4.79. The lowest BCUT2D eigenvalue weighted by molar-refractivity contribution is 0.355. The fraction of sp³-hybridized carbons (Fsp3) is 0.107. The summed E-state index contributed by atoms with van der Waals surface area (Å²) in [6, 6.07) is 15.0. The highest BCUT2D eigenvalue weighted by atomic mass is 19.1. The second kappa shape index (κ2) is 9.69. The van der Waals surface area contributed by atoms with Crippen molar-refractivity contribution in [2.75, 3.05) is 14.2 Å². The smallest absolute Gasteiger partial charge is 0.261 e. The van der Waals surface area contributed by atoms with Gasteiger partial charge in [0.15, 0.2) is 23.1 Å². The molecule has 0 fully saturated rings. The Balaban J connectivity index is 1.48. The number of halogens is 2. The Labute approximate surface area is 210 Å². The van der Waals surface area contributed by atoms with Crippen LogP contribution in [-0.2, 0) is 7.05 Å². The van der Waals surface area contributed by atoms with Gasteiger partial charge in [0.1, 0.15) is 17.4 Å². The first-order valence-electron chi connectivity index (χ1n) is 11.2. The van der Waals surface area contributed by atoms with Crippen molar-refractivity contribution in [3.05, 3.63) is 95.0 Å². The maximum Gasteiger partial charge on any atom is 0.261 e. The summed E-state index contributed by atoms with van der Waals surface area (Å²) < 4.78 is 46.3. The number of ether oxygens (including phenoxy) is 3. The summed E-state index contributed by atoms with van der Waals surface area (Å²) in [6.07, 6.45) is 2.93. The number of benzene rings is 3. The second-order valence-corrected chi connectivity index (χ2v) is 8.15. The summed E-state index contributed by atoms with van der Waals surface area (Å²) in [5.74, 6) is 0.657. The molecule has 0 spiro atoms. The van der Waals surface area contributed by atoms with Crippen LogP contribution in [0.5, 0.6) is 23.0 Å². The van der Waals surface area contributed by atoms with Crippen molar-refractivity contribution in [3.63, 3.8) is 0 Å². The van der Waals surface area contributed by atoms with Gasteiger partial charge in [0.25, 0.3) is 5.56 Å². The van der Waals surface area contributed by atoms with Crippen molar-refractivity contribution in [1.82, 2.24) is 14.5 Å². The minimum atomic E-state index is -0.660. The highest BCUT2D eigenvalue weighted by Crippen LogP contribution is 2.37. The van der Waals surface area contributed by atoms with E-state index in [4.69, 9.17) is 14.2 Å². The molecule has 0 unspecified atom stereocenters. The number of fused-ring (bicyclic) bond motifs is 1. The van der Waals surface area contributed by atoms with E-state index in [0.29, 0.717) is 45.1 Å². The van der Waals surface area contributed by atoms with Crippen LogP contribution in [0.4, 0.5) is 8.78 Å². The second-order valence-electron chi connectivity index (χ2n) is 8.15. The SMILES string of the molecule is COc1cc2nccc(Oc3ccc(-c4cnc(-c5ccc(F)cc5)n(C)c4=O)cc3F)c2cc1OC. The van der Waals surface area contributed by atoms with E-state index < -0.39 is 5.82 Å². The van der Waals surface area contributed by atoms with E-state index in [0.717, 1.165) is 0 Å². The van der Waals surface area contributed by atoms with Gasteiger partial charge in [-0.1, -0.05) is 6.07 Å². The quantitative estimate of drug-likeness (QED) is 0.295. The zero-order chi connectivity index (χ0) is 26.1. The molecule has 5 aromatic rings. The molecule has 186 valence electrons. The summed E-state index contributed by atoms with van der Waals surface area (Å²) in [6.45, 7) is 0. The number of rotatable bonds is 6. The van der Waals surface area contributed by atoms with Crippen molar-refractivity contribution in [1.29, 1.82) is 0 Å². The van der Waals surface area contributed by atoms with Gasteiger partial charge >= 0.3 is 0 Å². The van der Waals surface area contributed by atoms with Crippen molar-refractivity contribution in [2.24, 2.45) is 7.05 Å². The summed E-state index contributed by atoms with van der Waals surface area (Å²) in [7, 11) is 4.60. The highest BCUT2D eigenvalue weighted by Gasteiger charge is 2.16. The van der Waals surface area contributed by atoms with E-state index in [9.17, 15) is 9.18 Å². The number of methoxy groups -OCH3 is 2. The minimum absolute atomic E-state index is 0.0289. The molecule has 0 aliphatic carbocycles. The summed E-state index contributed by atoms with van der Waals surface area (Å²) in [5.41, 5.74) is 1.35. The van der Waals surface area contributed by atoms with E-state index >= 15 is 4.39 Å². The molecule has 3 aromatic carbocycles. The van der Waals surface area contributed by atoms with Crippen molar-refractivity contribution < 1.29 is 23.0 Å². The third-order valence-electron chi connectivity index (χ3n) is 5.94. The largest absolute Gasteiger partial charge is 0.493 e. The zero-order valence-electron chi connectivity index (χ0n) is 20.2. The van der Waals surface area contributed by atoms with Crippen LogP contribution in [0, 0.1) is 11.6 Å². The van der Waals surface area contributed by atoms with Gasteiger partial charge in [0.2, 0.25) is 0 Å². The first kappa shape index (κ1) is 23.9. The third kappa shape index (κ3) is 4.47. The molecule has 37 heavy (non-hydrogen) atoms. The molecule has 9 heteroatoms. The van der Waals surface area contributed by atoms with Gasteiger partial charge in [0, 0.05) is 36.5 Å². The van der Waals surface area contributed by atoms with Crippen molar-refractivity contribution in [3.8, 4) is 45.5 Å². The average Bonchev–Trinajstić information content (AvgIpc) is 2.91. The topological polar surface area (TPSA) is 75.5 Å². The number of hydrogen-bond donors (Lipinski definition) is 0. The van der Waals surface area contributed by atoms with E-state index in [1.807, 2.05) is 0 Å². The Morgan fingerprint density at radius 3 is 2.19 bits per heavy atom. The predicted octanol–water partition coefficient (Wildman–Crippen LogP) is 5.75. The Morgan fingerprint density at radius 2 is 1.49 bits per heavy atom. The Bertz CT molecular complexity index is 1680. The van der Waals surface area contributed by atoms with Crippen LogP contribution in [-0.4, -0.2) is 28.8 Å². The summed E-state index contributed by atoms with van der Waals surface area (Å²) >= 11 is 0. The third-order valence-corrected chi connectivity index (χ3v) is 5.94. The van der Waals surface area contributed by atoms with Gasteiger partial charge in [0.05, 0.1) is 25.3 Å². The van der Waals surface area contributed by atoms with E-state index in [2.05, 4.69) is 9.97 Å². The Kier molecular flexibility index (Phi) is 6.27. The van der Waals surface area contributed by atoms with Gasteiger partial charge in [-0.2, -0.15) is 0 Å². The normalized spacial score (nSPS) is 10.9. The molecule has 0 bridgehead atoms. The highest BCUT2D eigenvalue weighted by molar-refractivity contribution is 5.88. The summed E-state index contributed by atoms with van der Waals surface area (Å²) in [4.78, 5) is 21.7. The number of nitrogens with zero attached hydrogens (tertiary/aromatic N) is 3.